The van der Waals surface area contributed by atoms with E-state index in [0.717, 1.165) is 16.5 Å². The fourth-order valence-corrected chi connectivity index (χ4v) is 2.84. The second-order valence-electron chi connectivity index (χ2n) is 5.94. The Balaban J connectivity index is 1.80. The van der Waals surface area contributed by atoms with Crippen LogP contribution >= 0.6 is 0 Å². The Hall–Kier alpha value is -4.05. The Morgan fingerprint density at radius 2 is 2.04 bits per heavy atom. The molecule has 0 spiro atoms. The van der Waals surface area contributed by atoms with Crippen LogP contribution in [0.15, 0.2) is 61.1 Å². The minimum Gasteiger partial charge on any atom is -0.305 e. The summed E-state index contributed by atoms with van der Waals surface area (Å²) in [5.41, 5.74) is 2.47. The van der Waals surface area contributed by atoms with Crippen LogP contribution in [0.25, 0.3) is 16.7 Å². The highest BCUT2D eigenvalue weighted by Crippen LogP contribution is 2.23. The number of hydrogen-bond donors (Lipinski definition) is 1. The largest absolute Gasteiger partial charge is 0.305 e. The first-order valence-corrected chi connectivity index (χ1v) is 8.23. The smallest absolute Gasteiger partial charge is 0.258 e. The molecular weight excluding hydrogens is 340 g/mol. The number of para-hydroxylation sites is 1. The fourth-order valence-electron chi connectivity index (χ4n) is 2.84. The molecule has 3 aromatic heterocycles. The number of nitriles is 1. The number of nitrogens with zero attached hydrogens (tertiary/aromatic N) is 5. The number of fused-ring (bicyclic) bond motifs is 1. The molecule has 0 atom stereocenters. The molecule has 0 aliphatic rings. The van der Waals surface area contributed by atoms with Crippen molar-refractivity contribution in [2.75, 3.05) is 5.32 Å². The Morgan fingerprint density at radius 1 is 1.19 bits per heavy atom. The summed E-state index contributed by atoms with van der Waals surface area (Å²) in [6.45, 7) is 1.98. The molecule has 0 bridgehead atoms. The summed E-state index contributed by atoms with van der Waals surface area (Å²) in [4.78, 5) is 21.1. The molecule has 1 N–H and O–H groups in total. The van der Waals surface area contributed by atoms with Crippen molar-refractivity contribution in [3.05, 3.63) is 77.7 Å². The van der Waals surface area contributed by atoms with E-state index in [-0.39, 0.29) is 17.3 Å². The minimum absolute atomic E-state index is 0.250. The lowest BCUT2D eigenvalue weighted by Crippen LogP contribution is -2.16. The Labute approximate surface area is 154 Å². The van der Waals surface area contributed by atoms with Crippen LogP contribution in [0.2, 0.25) is 0 Å². The van der Waals surface area contributed by atoms with Crippen LogP contribution in [-0.4, -0.2) is 25.7 Å². The molecule has 0 unspecified atom stereocenters. The van der Waals surface area contributed by atoms with Gasteiger partial charge in [0.15, 0.2) is 11.6 Å². The number of nitrogens with one attached hydrogen (secondary N) is 1. The van der Waals surface area contributed by atoms with Gasteiger partial charge in [-0.05, 0) is 36.8 Å². The molecule has 7 nitrogen and oxygen atoms in total. The summed E-state index contributed by atoms with van der Waals surface area (Å²) in [7, 11) is 0. The first kappa shape index (κ1) is 16.4. The number of pyridine rings is 2. The molecule has 4 rings (SSSR count). The van der Waals surface area contributed by atoms with Crippen molar-refractivity contribution in [2.45, 2.75) is 6.92 Å². The zero-order valence-corrected chi connectivity index (χ0v) is 14.4. The summed E-state index contributed by atoms with van der Waals surface area (Å²) < 4.78 is 1.46. The van der Waals surface area contributed by atoms with E-state index in [1.54, 1.807) is 18.3 Å². The third-order valence-corrected chi connectivity index (χ3v) is 4.17. The molecule has 0 fully saturated rings. The van der Waals surface area contributed by atoms with Crippen LogP contribution in [0.5, 0.6) is 0 Å². The highest BCUT2D eigenvalue weighted by Gasteiger charge is 2.17. The summed E-state index contributed by atoms with van der Waals surface area (Å²) in [6.07, 6.45) is 4.45. The van der Waals surface area contributed by atoms with Crippen molar-refractivity contribution < 1.29 is 4.79 Å². The van der Waals surface area contributed by atoms with Crippen molar-refractivity contribution in [1.29, 1.82) is 5.26 Å². The first-order valence-electron chi connectivity index (χ1n) is 8.23. The van der Waals surface area contributed by atoms with Gasteiger partial charge in [-0.25, -0.2) is 4.98 Å². The van der Waals surface area contributed by atoms with Crippen molar-refractivity contribution >= 4 is 22.6 Å². The maximum Gasteiger partial charge on any atom is 0.258 e. The zero-order chi connectivity index (χ0) is 18.8. The number of benzene rings is 1. The summed E-state index contributed by atoms with van der Waals surface area (Å²) in [6, 6.07) is 15.0. The topological polar surface area (TPSA) is 96.5 Å². The van der Waals surface area contributed by atoms with Gasteiger partial charge in [-0.2, -0.15) is 15.0 Å². The molecule has 0 radical (unpaired) electrons. The third kappa shape index (κ3) is 3.00. The van der Waals surface area contributed by atoms with E-state index >= 15 is 0 Å². The van der Waals surface area contributed by atoms with E-state index in [1.807, 2.05) is 37.3 Å². The molecular formula is C20H14N6O. The number of aromatic nitrogens is 4. The normalized spacial score (nSPS) is 10.5. The van der Waals surface area contributed by atoms with Gasteiger partial charge in [-0.15, -0.1) is 0 Å². The second-order valence-corrected chi connectivity index (χ2v) is 5.94. The summed E-state index contributed by atoms with van der Waals surface area (Å²) in [5, 5.41) is 17.4. The number of carbonyl (C=O) groups is 1. The Kier molecular flexibility index (Phi) is 4.07. The quantitative estimate of drug-likeness (QED) is 0.609. The predicted octanol–water partition coefficient (Wildman–Crippen LogP) is 3.25. The number of carbonyl (C=O) groups excluding carboxylic acids is 1. The molecule has 0 saturated carbocycles. The summed E-state index contributed by atoms with van der Waals surface area (Å²) >= 11 is 0. The lowest BCUT2D eigenvalue weighted by Gasteiger charge is -2.11. The SMILES string of the molecule is Cc1cc(-n2ncc(C#N)c2NC(=O)c2cccnc2)nc2ccccc12. The maximum atomic E-state index is 12.5. The third-order valence-electron chi connectivity index (χ3n) is 4.17. The monoisotopic (exact) mass is 354 g/mol. The summed E-state index contributed by atoms with van der Waals surface area (Å²) in [5.74, 6) is 0.418. The lowest BCUT2D eigenvalue weighted by atomic mass is 10.1. The lowest BCUT2D eigenvalue weighted by molar-refractivity contribution is 0.102. The minimum atomic E-state index is -0.376. The molecule has 1 amide bonds. The fraction of sp³-hybridized carbons (Fsp3) is 0.0500. The van der Waals surface area contributed by atoms with Gasteiger partial charge in [0.05, 0.1) is 17.3 Å². The van der Waals surface area contributed by atoms with Crippen LogP contribution in [0.4, 0.5) is 5.82 Å². The number of anilines is 1. The van der Waals surface area contributed by atoms with E-state index in [1.165, 1.54) is 17.1 Å². The van der Waals surface area contributed by atoms with E-state index < -0.39 is 0 Å². The predicted molar refractivity (Wildman–Crippen MR) is 101 cm³/mol. The second kappa shape index (κ2) is 6.69. The first-order chi connectivity index (χ1) is 13.2. The van der Waals surface area contributed by atoms with Gasteiger partial charge in [0, 0.05) is 17.8 Å². The van der Waals surface area contributed by atoms with E-state index in [4.69, 9.17) is 0 Å². The standard InChI is InChI=1S/C20H14N6O/c1-13-9-18(24-17-7-3-2-6-16(13)17)26-19(15(10-21)12-23-26)25-20(27)14-5-4-8-22-11-14/h2-9,11-12H,1H3,(H,25,27). The zero-order valence-electron chi connectivity index (χ0n) is 14.4. The highest BCUT2D eigenvalue weighted by atomic mass is 16.1. The molecule has 7 heteroatoms. The number of amides is 1. The number of rotatable bonds is 3. The molecule has 3 heterocycles. The van der Waals surface area contributed by atoms with Crippen molar-refractivity contribution in [2.24, 2.45) is 0 Å². The average molecular weight is 354 g/mol. The van der Waals surface area contributed by atoms with Crippen LogP contribution < -0.4 is 5.32 Å². The van der Waals surface area contributed by atoms with Gasteiger partial charge in [0.1, 0.15) is 11.6 Å². The van der Waals surface area contributed by atoms with E-state index in [9.17, 15) is 10.1 Å². The molecule has 27 heavy (non-hydrogen) atoms. The molecule has 0 saturated heterocycles. The van der Waals surface area contributed by atoms with Crippen LogP contribution in [0.3, 0.4) is 0 Å². The van der Waals surface area contributed by atoms with E-state index in [0.29, 0.717) is 11.4 Å². The average Bonchev–Trinajstić information content (AvgIpc) is 3.11. The van der Waals surface area contributed by atoms with Crippen molar-refractivity contribution in [1.82, 2.24) is 19.7 Å². The molecule has 130 valence electrons. The Morgan fingerprint density at radius 3 is 2.81 bits per heavy atom. The highest BCUT2D eigenvalue weighted by molar-refractivity contribution is 6.04. The van der Waals surface area contributed by atoms with Crippen molar-refractivity contribution in [3.8, 4) is 11.9 Å². The van der Waals surface area contributed by atoms with Gasteiger partial charge in [-0.1, -0.05) is 18.2 Å². The molecule has 0 aliphatic heterocycles. The van der Waals surface area contributed by atoms with Gasteiger partial charge in [0.2, 0.25) is 0 Å². The number of aryl methyl sites for hydroxylation is 1. The van der Waals surface area contributed by atoms with Gasteiger partial charge in [0.25, 0.3) is 5.91 Å². The van der Waals surface area contributed by atoms with Gasteiger partial charge >= 0.3 is 0 Å². The van der Waals surface area contributed by atoms with E-state index in [2.05, 4.69) is 26.5 Å². The van der Waals surface area contributed by atoms with Crippen LogP contribution in [0.1, 0.15) is 21.5 Å². The van der Waals surface area contributed by atoms with Crippen LogP contribution in [0, 0.1) is 18.3 Å². The van der Waals surface area contributed by atoms with Crippen molar-refractivity contribution in [3.63, 3.8) is 0 Å². The molecule has 0 aliphatic carbocycles. The van der Waals surface area contributed by atoms with Crippen LogP contribution in [-0.2, 0) is 0 Å². The maximum absolute atomic E-state index is 12.5. The molecule has 4 aromatic rings. The molecule has 1 aromatic carbocycles. The Bertz CT molecular complexity index is 1190. The van der Waals surface area contributed by atoms with Gasteiger partial charge < -0.3 is 5.32 Å². The number of hydrogen-bond acceptors (Lipinski definition) is 5. The van der Waals surface area contributed by atoms with Gasteiger partial charge in [-0.3, -0.25) is 9.78 Å².